The fraction of sp³-hybridized carbons (Fsp3) is 0.500. The topological polar surface area (TPSA) is 51.5 Å². The SMILES string of the molecule is COc1cc(N[C@H]2CCCN(Cc3cncn3C)C2)cc(OC)c1. The predicted octanol–water partition coefficient (Wildman–Crippen LogP) is 2.51. The first kappa shape index (κ1) is 16.6. The van der Waals surface area contributed by atoms with Gasteiger partial charge in [-0.1, -0.05) is 0 Å². The largest absolute Gasteiger partial charge is 0.497 e. The number of imidazole rings is 1. The minimum absolute atomic E-state index is 0.420. The van der Waals surface area contributed by atoms with E-state index >= 15 is 0 Å². The second kappa shape index (κ2) is 7.57. The molecule has 2 aromatic rings. The molecule has 1 aliphatic rings. The van der Waals surface area contributed by atoms with Gasteiger partial charge in [-0.25, -0.2) is 4.98 Å². The van der Waals surface area contributed by atoms with Crippen LogP contribution in [0.25, 0.3) is 0 Å². The van der Waals surface area contributed by atoms with E-state index in [-0.39, 0.29) is 0 Å². The highest BCUT2D eigenvalue weighted by Gasteiger charge is 2.21. The van der Waals surface area contributed by atoms with Crippen molar-refractivity contribution in [3.63, 3.8) is 0 Å². The van der Waals surface area contributed by atoms with Crippen molar-refractivity contribution in [3.8, 4) is 11.5 Å². The molecular weight excluding hydrogens is 304 g/mol. The van der Waals surface area contributed by atoms with Crippen LogP contribution >= 0.6 is 0 Å². The third kappa shape index (κ3) is 4.00. The number of anilines is 1. The Kier molecular flexibility index (Phi) is 5.25. The first-order valence-corrected chi connectivity index (χ1v) is 8.35. The van der Waals surface area contributed by atoms with E-state index < -0.39 is 0 Å². The fourth-order valence-corrected chi connectivity index (χ4v) is 3.21. The molecule has 0 unspecified atom stereocenters. The molecule has 6 heteroatoms. The molecule has 130 valence electrons. The van der Waals surface area contributed by atoms with E-state index in [0.29, 0.717) is 6.04 Å². The molecule has 3 rings (SSSR count). The van der Waals surface area contributed by atoms with Crippen LogP contribution in [0.2, 0.25) is 0 Å². The van der Waals surface area contributed by atoms with Crippen LogP contribution in [0.5, 0.6) is 11.5 Å². The number of likely N-dealkylation sites (tertiary alicyclic amines) is 1. The first-order chi connectivity index (χ1) is 11.7. The number of aryl methyl sites for hydroxylation is 1. The van der Waals surface area contributed by atoms with E-state index in [0.717, 1.165) is 36.8 Å². The van der Waals surface area contributed by atoms with Gasteiger partial charge in [-0.3, -0.25) is 4.90 Å². The summed E-state index contributed by atoms with van der Waals surface area (Å²) in [4.78, 5) is 6.69. The lowest BCUT2D eigenvalue weighted by Crippen LogP contribution is -2.41. The van der Waals surface area contributed by atoms with Crippen molar-refractivity contribution < 1.29 is 9.47 Å². The third-order valence-electron chi connectivity index (χ3n) is 4.53. The molecule has 2 heterocycles. The second-order valence-electron chi connectivity index (χ2n) is 6.32. The van der Waals surface area contributed by atoms with Crippen LogP contribution in [0, 0.1) is 0 Å². The Morgan fingerprint density at radius 3 is 2.58 bits per heavy atom. The lowest BCUT2D eigenvalue weighted by atomic mass is 10.0. The number of rotatable bonds is 6. The molecule has 0 amide bonds. The number of aromatic nitrogens is 2. The first-order valence-electron chi connectivity index (χ1n) is 8.35. The van der Waals surface area contributed by atoms with Crippen molar-refractivity contribution in [2.24, 2.45) is 7.05 Å². The molecule has 0 radical (unpaired) electrons. The number of methoxy groups -OCH3 is 2. The molecule has 0 aliphatic carbocycles. The molecule has 1 saturated heterocycles. The van der Waals surface area contributed by atoms with Crippen molar-refractivity contribution in [2.45, 2.75) is 25.4 Å². The maximum Gasteiger partial charge on any atom is 0.124 e. The summed E-state index contributed by atoms with van der Waals surface area (Å²) in [6.07, 6.45) is 6.17. The van der Waals surface area contributed by atoms with E-state index in [1.165, 1.54) is 18.5 Å². The number of piperidine rings is 1. The van der Waals surface area contributed by atoms with Gasteiger partial charge in [-0.2, -0.15) is 0 Å². The highest BCUT2D eigenvalue weighted by Crippen LogP contribution is 2.27. The normalized spacial score (nSPS) is 18.4. The van der Waals surface area contributed by atoms with Crippen LogP contribution in [-0.2, 0) is 13.6 Å². The van der Waals surface area contributed by atoms with Crippen LogP contribution < -0.4 is 14.8 Å². The van der Waals surface area contributed by atoms with Crippen molar-refractivity contribution in [2.75, 3.05) is 32.6 Å². The smallest absolute Gasteiger partial charge is 0.124 e. The van der Waals surface area contributed by atoms with Gasteiger partial charge in [0.2, 0.25) is 0 Å². The number of benzene rings is 1. The standard InChI is InChI=1S/C18H26N4O2/c1-21-13-19-10-16(21)12-22-6-4-5-14(11-22)20-15-7-17(23-2)9-18(8-15)24-3/h7-10,13-14,20H,4-6,11-12H2,1-3H3/t14-/m0/s1. The van der Waals surface area contributed by atoms with Gasteiger partial charge in [0.1, 0.15) is 11.5 Å². The second-order valence-corrected chi connectivity index (χ2v) is 6.32. The average molecular weight is 330 g/mol. The van der Waals surface area contributed by atoms with Gasteiger partial charge in [0.25, 0.3) is 0 Å². The summed E-state index contributed by atoms with van der Waals surface area (Å²) < 4.78 is 12.8. The van der Waals surface area contributed by atoms with Crippen molar-refractivity contribution in [1.82, 2.24) is 14.5 Å². The summed E-state index contributed by atoms with van der Waals surface area (Å²) in [5.41, 5.74) is 2.29. The monoisotopic (exact) mass is 330 g/mol. The van der Waals surface area contributed by atoms with E-state index in [2.05, 4.69) is 19.8 Å². The maximum atomic E-state index is 5.35. The molecule has 1 aromatic heterocycles. The molecule has 1 atom stereocenters. The lowest BCUT2D eigenvalue weighted by molar-refractivity contribution is 0.204. The quantitative estimate of drug-likeness (QED) is 0.882. The molecule has 1 fully saturated rings. The van der Waals surface area contributed by atoms with E-state index in [9.17, 15) is 0 Å². The number of ether oxygens (including phenoxy) is 2. The van der Waals surface area contributed by atoms with E-state index in [1.807, 2.05) is 37.8 Å². The Labute approximate surface area is 143 Å². The molecular formula is C18H26N4O2. The summed E-state index contributed by atoms with van der Waals surface area (Å²) in [6.45, 7) is 3.09. The summed E-state index contributed by atoms with van der Waals surface area (Å²) in [5.74, 6) is 1.61. The van der Waals surface area contributed by atoms with Crippen LogP contribution in [0.3, 0.4) is 0 Å². The molecule has 1 aliphatic heterocycles. The minimum Gasteiger partial charge on any atom is -0.497 e. The van der Waals surface area contributed by atoms with Crippen LogP contribution in [0.15, 0.2) is 30.7 Å². The van der Waals surface area contributed by atoms with Gasteiger partial charge in [-0.05, 0) is 19.4 Å². The van der Waals surface area contributed by atoms with E-state index in [4.69, 9.17) is 9.47 Å². The summed E-state index contributed by atoms with van der Waals surface area (Å²) >= 11 is 0. The zero-order valence-corrected chi connectivity index (χ0v) is 14.7. The fourth-order valence-electron chi connectivity index (χ4n) is 3.21. The summed E-state index contributed by atoms with van der Waals surface area (Å²) in [7, 11) is 5.40. The Balaban J connectivity index is 1.64. The Bertz CT molecular complexity index is 649. The Morgan fingerprint density at radius 2 is 1.96 bits per heavy atom. The molecule has 1 aromatic carbocycles. The lowest BCUT2D eigenvalue weighted by Gasteiger charge is -2.33. The number of hydrogen-bond donors (Lipinski definition) is 1. The highest BCUT2D eigenvalue weighted by molar-refractivity contribution is 5.54. The van der Waals surface area contributed by atoms with Gasteiger partial charge in [0, 0.05) is 56.3 Å². The molecule has 1 N–H and O–H groups in total. The van der Waals surface area contributed by atoms with Gasteiger partial charge < -0.3 is 19.4 Å². The maximum absolute atomic E-state index is 5.35. The van der Waals surface area contributed by atoms with Crippen LogP contribution in [0.1, 0.15) is 18.5 Å². The molecule has 0 saturated carbocycles. The molecule has 0 bridgehead atoms. The summed E-state index contributed by atoms with van der Waals surface area (Å²) in [5, 5.41) is 3.63. The third-order valence-corrected chi connectivity index (χ3v) is 4.53. The van der Waals surface area contributed by atoms with Crippen molar-refractivity contribution in [1.29, 1.82) is 0 Å². The van der Waals surface area contributed by atoms with Crippen molar-refractivity contribution >= 4 is 5.69 Å². The molecule has 24 heavy (non-hydrogen) atoms. The Hall–Kier alpha value is -2.21. The number of hydrogen-bond acceptors (Lipinski definition) is 5. The van der Waals surface area contributed by atoms with Gasteiger partial charge in [-0.15, -0.1) is 0 Å². The Morgan fingerprint density at radius 1 is 1.21 bits per heavy atom. The predicted molar refractivity (Wildman–Crippen MR) is 94.7 cm³/mol. The van der Waals surface area contributed by atoms with Crippen LogP contribution in [-0.4, -0.2) is 47.8 Å². The molecule has 0 spiro atoms. The number of nitrogens with one attached hydrogen (secondary N) is 1. The average Bonchev–Trinajstić information content (AvgIpc) is 2.99. The van der Waals surface area contributed by atoms with Gasteiger partial charge >= 0.3 is 0 Å². The zero-order chi connectivity index (χ0) is 16.9. The molecule has 6 nitrogen and oxygen atoms in total. The zero-order valence-electron chi connectivity index (χ0n) is 14.7. The number of nitrogens with zero attached hydrogens (tertiary/aromatic N) is 3. The van der Waals surface area contributed by atoms with E-state index in [1.54, 1.807) is 14.2 Å². The van der Waals surface area contributed by atoms with Crippen LogP contribution in [0.4, 0.5) is 5.69 Å². The minimum atomic E-state index is 0.420. The van der Waals surface area contributed by atoms with Crippen molar-refractivity contribution in [3.05, 3.63) is 36.4 Å². The van der Waals surface area contributed by atoms with Gasteiger partial charge in [0.15, 0.2) is 0 Å². The van der Waals surface area contributed by atoms with Gasteiger partial charge in [0.05, 0.1) is 26.2 Å². The summed E-state index contributed by atoms with van der Waals surface area (Å²) in [6, 6.07) is 6.34. The highest BCUT2D eigenvalue weighted by atomic mass is 16.5.